The number of carbonyl (C=O) groups is 2. The van der Waals surface area contributed by atoms with Crippen LogP contribution < -0.4 is 14.9 Å². The molecule has 1 N–H and O–H groups in total. The Balaban J connectivity index is 1.32. The molecular weight excluding hydrogens is 534 g/mol. The van der Waals surface area contributed by atoms with Crippen molar-refractivity contribution < 1.29 is 28.2 Å². The van der Waals surface area contributed by atoms with Crippen molar-refractivity contribution in [3.8, 4) is 17.2 Å². The van der Waals surface area contributed by atoms with Gasteiger partial charge in [0.05, 0.1) is 12.8 Å². The number of benzene rings is 2. The number of hydrogen-bond acceptors (Lipinski definition) is 7. The number of rotatable bonds is 11. The molecule has 1 amide bonds. The van der Waals surface area contributed by atoms with Crippen molar-refractivity contribution in [2.45, 2.75) is 40.4 Å². The zero-order valence-electron chi connectivity index (χ0n) is 22.6. The Morgan fingerprint density at radius 3 is 2.48 bits per heavy atom. The van der Waals surface area contributed by atoms with Gasteiger partial charge >= 0.3 is 11.9 Å². The van der Waals surface area contributed by atoms with Crippen molar-refractivity contribution in [3.63, 3.8) is 0 Å². The molecule has 0 saturated heterocycles. The second-order valence-electron chi connectivity index (χ2n) is 8.89. The van der Waals surface area contributed by atoms with Crippen LogP contribution in [-0.4, -0.2) is 35.4 Å². The summed E-state index contributed by atoms with van der Waals surface area (Å²) < 4.78 is 24.3. The lowest BCUT2D eigenvalue weighted by molar-refractivity contribution is -0.150. The fourth-order valence-electron chi connectivity index (χ4n) is 3.94. The molecule has 0 unspecified atom stereocenters. The SMILES string of the molecule is CCOC(=O)[C@H](C)Oc1ccc(Cl)cc1/C=N/NC(=O)c1ccc(COc2ccc(-n3c(C)ccc3C)cc2)o1. The molecule has 4 aromatic rings. The number of carbonyl (C=O) groups excluding carboxylic acids is 2. The monoisotopic (exact) mass is 563 g/mol. The van der Waals surface area contributed by atoms with Gasteiger partial charge in [0.2, 0.25) is 0 Å². The molecule has 0 spiro atoms. The number of amides is 1. The molecule has 4 rings (SSSR count). The van der Waals surface area contributed by atoms with Crippen LogP contribution in [0.1, 0.15) is 47.1 Å². The van der Waals surface area contributed by atoms with Crippen LogP contribution in [0.4, 0.5) is 0 Å². The lowest BCUT2D eigenvalue weighted by atomic mass is 10.2. The van der Waals surface area contributed by atoms with E-state index >= 15 is 0 Å². The standard InChI is InChI=1S/C30H30ClN3O6/c1-5-37-30(36)21(4)39-27-14-8-23(31)16-22(27)17-32-33-29(35)28-15-13-26(40-28)18-38-25-11-9-24(10-12-25)34-19(2)6-7-20(34)3/h6-17,21H,5,18H2,1-4H3,(H,33,35)/b32-17+/t21-/m0/s1. The van der Waals surface area contributed by atoms with Crippen molar-refractivity contribution in [3.05, 3.63) is 100 Å². The summed E-state index contributed by atoms with van der Waals surface area (Å²) in [6, 6.07) is 19.9. The number of hydrazone groups is 1. The first-order valence-electron chi connectivity index (χ1n) is 12.7. The summed E-state index contributed by atoms with van der Waals surface area (Å²) in [5, 5.41) is 4.41. The molecule has 40 heavy (non-hydrogen) atoms. The molecule has 1 atom stereocenters. The third-order valence-electron chi connectivity index (χ3n) is 5.90. The van der Waals surface area contributed by atoms with Gasteiger partial charge in [-0.25, -0.2) is 10.2 Å². The normalized spacial score (nSPS) is 11.8. The number of halogens is 1. The lowest BCUT2D eigenvalue weighted by Crippen LogP contribution is -2.26. The summed E-state index contributed by atoms with van der Waals surface area (Å²) >= 11 is 6.10. The van der Waals surface area contributed by atoms with E-state index in [-0.39, 0.29) is 19.0 Å². The number of hydrogen-bond donors (Lipinski definition) is 1. The highest BCUT2D eigenvalue weighted by molar-refractivity contribution is 6.30. The van der Waals surface area contributed by atoms with Crippen LogP contribution in [0.2, 0.25) is 5.02 Å². The van der Waals surface area contributed by atoms with Crippen molar-refractivity contribution in [2.75, 3.05) is 6.61 Å². The summed E-state index contributed by atoms with van der Waals surface area (Å²) in [4.78, 5) is 24.4. The number of nitrogens with zero attached hydrogens (tertiary/aromatic N) is 2. The van der Waals surface area contributed by atoms with Crippen LogP contribution >= 0.6 is 11.6 Å². The largest absolute Gasteiger partial charge is 0.486 e. The Kier molecular flexibility index (Phi) is 9.29. The first kappa shape index (κ1) is 28.5. The van der Waals surface area contributed by atoms with Crippen molar-refractivity contribution in [1.82, 2.24) is 9.99 Å². The number of ether oxygens (including phenoxy) is 3. The molecule has 2 heterocycles. The molecule has 0 bridgehead atoms. The van der Waals surface area contributed by atoms with Gasteiger partial charge in [-0.2, -0.15) is 5.10 Å². The van der Waals surface area contributed by atoms with E-state index in [1.165, 1.54) is 6.21 Å². The molecule has 0 aliphatic rings. The van der Waals surface area contributed by atoms with E-state index in [4.69, 9.17) is 30.2 Å². The average molecular weight is 564 g/mol. The highest BCUT2D eigenvalue weighted by Crippen LogP contribution is 2.23. The fraction of sp³-hybridized carbons (Fsp3) is 0.233. The van der Waals surface area contributed by atoms with Gasteiger partial charge < -0.3 is 23.2 Å². The summed E-state index contributed by atoms with van der Waals surface area (Å²) in [5.74, 6) is 0.540. The van der Waals surface area contributed by atoms with Crippen LogP contribution in [-0.2, 0) is 16.1 Å². The molecule has 0 radical (unpaired) electrons. The topological polar surface area (TPSA) is 104 Å². The zero-order chi connectivity index (χ0) is 28.6. The smallest absolute Gasteiger partial charge is 0.347 e. The number of nitrogens with one attached hydrogen (secondary N) is 1. The highest BCUT2D eigenvalue weighted by atomic mass is 35.5. The number of aryl methyl sites for hydroxylation is 2. The number of esters is 1. The Morgan fingerprint density at radius 1 is 1.05 bits per heavy atom. The molecule has 2 aromatic carbocycles. The molecule has 208 valence electrons. The molecular formula is C30H30ClN3O6. The van der Waals surface area contributed by atoms with Crippen LogP contribution in [0, 0.1) is 13.8 Å². The minimum atomic E-state index is -0.836. The third-order valence-corrected chi connectivity index (χ3v) is 6.13. The second-order valence-corrected chi connectivity index (χ2v) is 9.33. The van der Waals surface area contributed by atoms with Gasteiger partial charge in [-0.3, -0.25) is 4.79 Å². The maximum Gasteiger partial charge on any atom is 0.347 e. The van der Waals surface area contributed by atoms with Gasteiger partial charge in [-0.05, 0) is 94.4 Å². The predicted octanol–water partition coefficient (Wildman–Crippen LogP) is 6.01. The molecule has 2 aromatic heterocycles. The Morgan fingerprint density at radius 2 is 1.77 bits per heavy atom. The number of furan rings is 1. The minimum Gasteiger partial charge on any atom is -0.486 e. The lowest BCUT2D eigenvalue weighted by Gasteiger charge is -2.15. The molecule has 10 heteroatoms. The van der Waals surface area contributed by atoms with E-state index in [0.717, 1.165) is 17.1 Å². The van der Waals surface area contributed by atoms with Crippen LogP contribution in [0.5, 0.6) is 11.5 Å². The molecule has 0 fully saturated rings. The molecule has 9 nitrogen and oxygen atoms in total. The van der Waals surface area contributed by atoms with E-state index < -0.39 is 18.0 Å². The predicted molar refractivity (Wildman–Crippen MR) is 152 cm³/mol. The summed E-state index contributed by atoms with van der Waals surface area (Å²) in [7, 11) is 0. The van der Waals surface area contributed by atoms with Crippen molar-refractivity contribution in [1.29, 1.82) is 0 Å². The minimum absolute atomic E-state index is 0.0724. The molecule has 0 saturated carbocycles. The van der Waals surface area contributed by atoms with Crippen LogP contribution in [0.3, 0.4) is 0 Å². The third kappa shape index (κ3) is 7.12. The quantitative estimate of drug-likeness (QED) is 0.136. The van der Waals surface area contributed by atoms with Gasteiger partial charge in [0.15, 0.2) is 11.9 Å². The fourth-order valence-corrected chi connectivity index (χ4v) is 4.12. The van der Waals surface area contributed by atoms with Gasteiger partial charge in [0, 0.05) is 27.7 Å². The zero-order valence-corrected chi connectivity index (χ0v) is 23.4. The first-order chi connectivity index (χ1) is 19.2. The van der Waals surface area contributed by atoms with Gasteiger partial charge in [0.25, 0.3) is 0 Å². The van der Waals surface area contributed by atoms with Crippen molar-refractivity contribution >= 4 is 29.7 Å². The Bertz CT molecular complexity index is 1490. The molecule has 0 aliphatic heterocycles. The van der Waals surface area contributed by atoms with E-state index in [0.29, 0.717) is 27.8 Å². The van der Waals surface area contributed by atoms with E-state index in [1.54, 1.807) is 44.2 Å². The second kappa shape index (κ2) is 13.0. The number of aromatic nitrogens is 1. The highest BCUT2D eigenvalue weighted by Gasteiger charge is 2.17. The summed E-state index contributed by atoms with van der Waals surface area (Å²) in [6.45, 7) is 7.81. The van der Waals surface area contributed by atoms with Crippen molar-refractivity contribution in [2.24, 2.45) is 5.10 Å². The average Bonchev–Trinajstić information content (AvgIpc) is 3.55. The van der Waals surface area contributed by atoms with Gasteiger partial charge in [-0.15, -0.1) is 0 Å². The summed E-state index contributed by atoms with van der Waals surface area (Å²) in [5.41, 5.74) is 6.23. The van der Waals surface area contributed by atoms with Crippen LogP contribution in [0.15, 0.2) is 76.2 Å². The first-order valence-corrected chi connectivity index (χ1v) is 13.1. The Labute approximate surface area is 237 Å². The van der Waals surface area contributed by atoms with E-state index in [2.05, 4.69) is 41.1 Å². The van der Waals surface area contributed by atoms with Gasteiger partial charge in [0.1, 0.15) is 23.9 Å². The van der Waals surface area contributed by atoms with E-state index in [9.17, 15) is 9.59 Å². The Hall–Kier alpha value is -4.50. The van der Waals surface area contributed by atoms with E-state index in [1.807, 2.05) is 24.3 Å². The summed E-state index contributed by atoms with van der Waals surface area (Å²) in [6.07, 6.45) is 0.530. The van der Waals surface area contributed by atoms with Gasteiger partial charge in [-0.1, -0.05) is 11.6 Å². The maximum absolute atomic E-state index is 12.5. The van der Waals surface area contributed by atoms with Crippen LogP contribution in [0.25, 0.3) is 5.69 Å². The molecule has 0 aliphatic carbocycles. The maximum atomic E-state index is 12.5.